The molecule has 0 aliphatic carbocycles. The first-order valence-corrected chi connectivity index (χ1v) is 5.25. The van der Waals surface area contributed by atoms with Crippen LogP contribution in [0.15, 0.2) is 29.4 Å². The number of nitrogens with one attached hydrogen (secondary N) is 1. The van der Waals surface area contributed by atoms with Crippen molar-refractivity contribution in [2.75, 3.05) is 7.11 Å². The third kappa shape index (κ3) is 3.86. The largest absolute Gasteiger partial charge is 0.496 e. The van der Waals surface area contributed by atoms with Crippen LogP contribution in [0.4, 0.5) is 0 Å². The van der Waals surface area contributed by atoms with Crippen LogP contribution in [0, 0.1) is 0 Å². The number of methoxy groups -OCH3 is 1. The van der Waals surface area contributed by atoms with E-state index in [1.54, 1.807) is 7.11 Å². The summed E-state index contributed by atoms with van der Waals surface area (Å²) < 4.78 is 5.25. The average Bonchev–Trinajstić information content (AvgIpc) is 2.27. The third-order valence-electron chi connectivity index (χ3n) is 2.00. The Morgan fingerprint density at radius 1 is 1.50 bits per heavy atom. The second-order valence-electron chi connectivity index (χ2n) is 3.31. The zero-order valence-electron chi connectivity index (χ0n) is 9.36. The molecule has 0 saturated heterocycles. The van der Waals surface area contributed by atoms with Gasteiger partial charge in [-0.05, 0) is 30.8 Å². The summed E-state index contributed by atoms with van der Waals surface area (Å²) in [7, 11) is 1.65. The minimum absolute atomic E-state index is 0.166. The van der Waals surface area contributed by atoms with Crippen molar-refractivity contribution in [2.45, 2.75) is 13.3 Å². The van der Waals surface area contributed by atoms with E-state index in [1.807, 2.05) is 31.2 Å². The maximum atomic E-state index is 5.28. The summed E-state index contributed by atoms with van der Waals surface area (Å²) in [5.41, 5.74) is 9.80. The van der Waals surface area contributed by atoms with Crippen LogP contribution in [0.25, 0.3) is 0 Å². The summed E-state index contributed by atoms with van der Waals surface area (Å²) in [6, 6.07) is 7.82. The second-order valence-corrected chi connectivity index (χ2v) is 3.75. The quantitative estimate of drug-likeness (QED) is 0.473. The lowest BCUT2D eigenvalue weighted by Gasteiger charge is -2.07. The van der Waals surface area contributed by atoms with Crippen LogP contribution in [-0.4, -0.2) is 17.9 Å². The van der Waals surface area contributed by atoms with E-state index < -0.39 is 0 Å². The molecule has 3 N–H and O–H groups in total. The van der Waals surface area contributed by atoms with Gasteiger partial charge >= 0.3 is 0 Å². The van der Waals surface area contributed by atoms with Gasteiger partial charge in [0.2, 0.25) is 0 Å². The Labute approximate surface area is 100 Å². The molecule has 0 radical (unpaired) electrons. The van der Waals surface area contributed by atoms with Gasteiger partial charge in [0.1, 0.15) is 5.75 Å². The SMILES string of the molecule is COc1ccccc1CC(C)=NNC(N)=S. The second kappa shape index (κ2) is 6.07. The standard InChI is InChI=1S/C11H15N3OS/c1-8(13-14-11(12)16)7-9-5-3-4-6-10(9)15-2/h3-6H,7H2,1-2H3,(H3,12,14,16). The van der Waals surface area contributed by atoms with E-state index in [0.29, 0.717) is 6.42 Å². The van der Waals surface area contributed by atoms with E-state index in [1.165, 1.54) is 0 Å². The summed E-state index contributed by atoms with van der Waals surface area (Å²) in [6.07, 6.45) is 0.694. The van der Waals surface area contributed by atoms with Gasteiger partial charge < -0.3 is 10.5 Å². The Morgan fingerprint density at radius 2 is 2.19 bits per heavy atom. The predicted molar refractivity (Wildman–Crippen MR) is 69.7 cm³/mol. The van der Waals surface area contributed by atoms with E-state index in [0.717, 1.165) is 17.0 Å². The molecule has 0 aliphatic rings. The molecule has 0 heterocycles. The highest BCUT2D eigenvalue weighted by Crippen LogP contribution is 2.17. The predicted octanol–water partition coefficient (Wildman–Crippen LogP) is 1.45. The summed E-state index contributed by atoms with van der Waals surface area (Å²) in [5, 5.41) is 4.21. The minimum Gasteiger partial charge on any atom is -0.496 e. The highest BCUT2D eigenvalue weighted by Gasteiger charge is 2.02. The van der Waals surface area contributed by atoms with Crippen molar-refractivity contribution in [2.24, 2.45) is 10.8 Å². The Bertz CT molecular complexity index is 404. The van der Waals surface area contributed by atoms with Gasteiger partial charge in [0.25, 0.3) is 0 Å². The molecule has 16 heavy (non-hydrogen) atoms. The molecule has 1 aromatic rings. The van der Waals surface area contributed by atoms with Gasteiger partial charge in [0, 0.05) is 12.1 Å². The van der Waals surface area contributed by atoms with Crippen LogP contribution in [0.2, 0.25) is 0 Å². The van der Waals surface area contributed by atoms with Crippen LogP contribution in [0.5, 0.6) is 5.75 Å². The number of benzene rings is 1. The lowest BCUT2D eigenvalue weighted by Crippen LogP contribution is -2.25. The van der Waals surface area contributed by atoms with Gasteiger partial charge in [-0.15, -0.1) is 0 Å². The van der Waals surface area contributed by atoms with Gasteiger partial charge in [0.05, 0.1) is 7.11 Å². The molecule has 4 nitrogen and oxygen atoms in total. The van der Waals surface area contributed by atoms with Gasteiger partial charge in [-0.25, -0.2) is 0 Å². The number of hydrazone groups is 1. The van der Waals surface area contributed by atoms with Gasteiger partial charge in [-0.2, -0.15) is 5.10 Å². The molecule has 1 rings (SSSR count). The van der Waals surface area contributed by atoms with E-state index >= 15 is 0 Å². The molecule has 0 spiro atoms. The summed E-state index contributed by atoms with van der Waals surface area (Å²) >= 11 is 4.66. The zero-order valence-corrected chi connectivity index (χ0v) is 10.2. The summed E-state index contributed by atoms with van der Waals surface area (Å²) in [4.78, 5) is 0. The fraction of sp³-hybridized carbons (Fsp3) is 0.273. The van der Waals surface area contributed by atoms with Crippen molar-refractivity contribution < 1.29 is 4.74 Å². The number of hydrogen-bond donors (Lipinski definition) is 2. The molecule has 0 amide bonds. The number of hydrogen-bond acceptors (Lipinski definition) is 3. The fourth-order valence-electron chi connectivity index (χ4n) is 1.31. The topological polar surface area (TPSA) is 59.6 Å². The Hall–Kier alpha value is -1.62. The third-order valence-corrected chi connectivity index (χ3v) is 2.09. The fourth-order valence-corrected chi connectivity index (χ4v) is 1.36. The molecule has 0 atom stereocenters. The van der Waals surface area contributed by atoms with Crippen LogP contribution in [0.3, 0.4) is 0 Å². The molecule has 0 unspecified atom stereocenters. The van der Waals surface area contributed by atoms with E-state index in [-0.39, 0.29) is 5.11 Å². The highest BCUT2D eigenvalue weighted by atomic mass is 32.1. The van der Waals surface area contributed by atoms with Gasteiger partial charge in [-0.3, -0.25) is 5.43 Å². The molecule has 0 aliphatic heterocycles. The zero-order chi connectivity index (χ0) is 12.0. The lowest BCUT2D eigenvalue weighted by atomic mass is 10.1. The molecule has 86 valence electrons. The first-order valence-electron chi connectivity index (χ1n) is 4.84. The smallest absolute Gasteiger partial charge is 0.184 e. The number of thiocarbonyl (C=S) groups is 1. The van der Waals surface area contributed by atoms with Crippen molar-refractivity contribution in [3.05, 3.63) is 29.8 Å². The lowest BCUT2D eigenvalue weighted by molar-refractivity contribution is 0.411. The van der Waals surface area contributed by atoms with Crippen LogP contribution >= 0.6 is 12.2 Å². The van der Waals surface area contributed by atoms with Crippen LogP contribution < -0.4 is 15.9 Å². The normalized spacial score (nSPS) is 11.0. The number of para-hydroxylation sites is 1. The van der Waals surface area contributed by atoms with Crippen molar-refractivity contribution in [1.82, 2.24) is 5.43 Å². The molecular weight excluding hydrogens is 222 g/mol. The molecule has 1 aromatic carbocycles. The first kappa shape index (κ1) is 12.4. The van der Waals surface area contributed by atoms with Crippen molar-refractivity contribution in [3.8, 4) is 5.75 Å². The van der Waals surface area contributed by atoms with E-state index in [2.05, 4.69) is 22.7 Å². The van der Waals surface area contributed by atoms with Crippen molar-refractivity contribution >= 4 is 23.0 Å². The molecule has 0 bridgehead atoms. The van der Waals surface area contributed by atoms with Gasteiger partial charge in [-0.1, -0.05) is 18.2 Å². The van der Waals surface area contributed by atoms with E-state index in [9.17, 15) is 0 Å². The first-order chi connectivity index (χ1) is 7.63. The number of ether oxygens (including phenoxy) is 1. The summed E-state index contributed by atoms with van der Waals surface area (Å²) in [5.74, 6) is 0.854. The number of nitrogens with two attached hydrogens (primary N) is 1. The van der Waals surface area contributed by atoms with Crippen LogP contribution in [0.1, 0.15) is 12.5 Å². The Morgan fingerprint density at radius 3 is 2.81 bits per heavy atom. The number of rotatable bonds is 4. The Kier molecular flexibility index (Phi) is 4.72. The average molecular weight is 237 g/mol. The monoisotopic (exact) mass is 237 g/mol. The van der Waals surface area contributed by atoms with Crippen LogP contribution in [-0.2, 0) is 6.42 Å². The molecule has 5 heteroatoms. The highest BCUT2D eigenvalue weighted by molar-refractivity contribution is 7.80. The maximum Gasteiger partial charge on any atom is 0.184 e. The number of nitrogens with zero attached hydrogens (tertiary/aromatic N) is 1. The minimum atomic E-state index is 0.166. The van der Waals surface area contributed by atoms with Crippen molar-refractivity contribution in [1.29, 1.82) is 0 Å². The molecular formula is C11H15N3OS. The van der Waals surface area contributed by atoms with Crippen molar-refractivity contribution in [3.63, 3.8) is 0 Å². The van der Waals surface area contributed by atoms with E-state index in [4.69, 9.17) is 10.5 Å². The molecule has 0 fully saturated rings. The molecule has 0 saturated carbocycles. The van der Waals surface area contributed by atoms with Gasteiger partial charge in [0.15, 0.2) is 5.11 Å². The Balaban J connectivity index is 2.72. The molecule has 0 aromatic heterocycles. The summed E-state index contributed by atoms with van der Waals surface area (Å²) in [6.45, 7) is 1.90. The maximum absolute atomic E-state index is 5.28.